The molecule has 122 valence electrons. The first-order chi connectivity index (χ1) is 10.8. The Kier molecular flexibility index (Phi) is 6.09. The number of hydrogen-bond donors (Lipinski definition) is 3. The topological polar surface area (TPSA) is 92.8 Å². The van der Waals surface area contributed by atoms with E-state index in [0.29, 0.717) is 11.5 Å². The number of carboxylic acids is 1. The van der Waals surface area contributed by atoms with Crippen molar-refractivity contribution in [3.63, 3.8) is 0 Å². The lowest BCUT2D eigenvalue weighted by atomic mass is 10.1. The van der Waals surface area contributed by atoms with Crippen LogP contribution in [0.1, 0.15) is 11.1 Å². The maximum Gasteiger partial charge on any atom is 0.320 e. The lowest BCUT2D eigenvalue weighted by molar-refractivity contribution is -0.138. The number of aromatic hydroxyl groups is 1. The van der Waals surface area contributed by atoms with E-state index in [4.69, 9.17) is 15.6 Å². The Morgan fingerprint density at radius 1 is 1.26 bits per heavy atom. The molecule has 0 aliphatic rings. The molecule has 2 aromatic carbocycles. The molecule has 0 fully saturated rings. The number of aliphatic carboxylic acids is 1. The Morgan fingerprint density at radius 3 is 2.39 bits per heavy atom. The molecule has 0 saturated carbocycles. The van der Waals surface area contributed by atoms with Gasteiger partial charge >= 0.3 is 5.97 Å². The van der Waals surface area contributed by atoms with Crippen LogP contribution < -0.4 is 10.5 Å². The summed E-state index contributed by atoms with van der Waals surface area (Å²) in [4.78, 5) is 10.9. The van der Waals surface area contributed by atoms with Gasteiger partial charge in [0, 0.05) is 0 Å². The van der Waals surface area contributed by atoms with Crippen molar-refractivity contribution in [2.75, 3.05) is 0 Å². The fourth-order valence-corrected chi connectivity index (χ4v) is 4.10. The van der Waals surface area contributed by atoms with Crippen LogP contribution >= 0.6 is 45.2 Å². The third-order valence-electron chi connectivity index (χ3n) is 3.22. The Bertz CT molecular complexity index is 726. The average molecular weight is 539 g/mol. The van der Waals surface area contributed by atoms with Crippen LogP contribution in [-0.4, -0.2) is 22.2 Å². The number of phenolic OH excluding ortho intramolecular Hbond substituents is 1. The zero-order valence-corrected chi connectivity index (χ0v) is 16.5. The number of halogens is 2. The average Bonchev–Trinajstić information content (AvgIpc) is 2.46. The molecule has 2 aromatic rings. The van der Waals surface area contributed by atoms with Crippen LogP contribution in [0.2, 0.25) is 0 Å². The molecule has 0 heterocycles. The second-order valence-corrected chi connectivity index (χ2v) is 7.41. The molecule has 0 aliphatic carbocycles. The van der Waals surface area contributed by atoms with Gasteiger partial charge in [0.1, 0.15) is 17.5 Å². The van der Waals surface area contributed by atoms with Gasteiger partial charge in [0.25, 0.3) is 0 Å². The number of aryl methyl sites for hydroxylation is 1. The van der Waals surface area contributed by atoms with Crippen LogP contribution in [0, 0.1) is 14.1 Å². The molecule has 0 bridgehead atoms. The van der Waals surface area contributed by atoms with Crippen LogP contribution in [-0.2, 0) is 11.2 Å². The standard InChI is InChI=1S/C16H15I2NO4/c1-8-4-10(2-3-14(8)20)23-15-11(17)5-9(6-12(15)18)7-13(19)16(21)22/h2-6,13,20H,7,19H2,1H3,(H,21,22)/t13-/m0/s1. The summed E-state index contributed by atoms with van der Waals surface area (Å²) >= 11 is 4.30. The summed E-state index contributed by atoms with van der Waals surface area (Å²) in [6.45, 7) is 1.80. The van der Waals surface area contributed by atoms with Crippen LogP contribution in [0.25, 0.3) is 0 Å². The number of benzene rings is 2. The van der Waals surface area contributed by atoms with E-state index >= 15 is 0 Å². The molecule has 0 unspecified atom stereocenters. The normalized spacial score (nSPS) is 12.0. The molecule has 0 amide bonds. The number of carbonyl (C=O) groups is 1. The SMILES string of the molecule is Cc1cc(Oc2c(I)cc(C[C@H](N)C(=O)O)cc2I)ccc1O. The summed E-state index contributed by atoms with van der Waals surface area (Å²) < 4.78 is 7.65. The van der Waals surface area contributed by atoms with Gasteiger partial charge < -0.3 is 20.7 Å². The van der Waals surface area contributed by atoms with Gasteiger partial charge in [0.05, 0.1) is 7.14 Å². The van der Waals surface area contributed by atoms with Crippen molar-refractivity contribution >= 4 is 51.2 Å². The molecule has 2 rings (SSSR count). The lowest BCUT2D eigenvalue weighted by Gasteiger charge is -2.14. The Morgan fingerprint density at radius 2 is 1.87 bits per heavy atom. The van der Waals surface area contributed by atoms with E-state index in [9.17, 15) is 9.90 Å². The van der Waals surface area contributed by atoms with Crippen LogP contribution in [0.15, 0.2) is 30.3 Å². The smallest absolute Gasteiger partial charge is 0.320 e. The molecule has 1 atom stereocenters. The maximum absolute atomic E-state index is 10.9. The number of phenols is 1. The summed E-state index contributed by atoms with van der Waals surface area (Å²) in [5.74, 6) is 0.532. The van der Waals surface area contributed by atoms with Crippen LogP contribution in [0.3, 0.4) is 0 Å². The fourth-order valence-electron chi connectivity index (χ4n) is 1.98. The molecule has 0 aromatic heterocycles. The first-order valence-corrected chi connectivity index (χ1v) is 8.87. The molecule has 0 saturated heterocycles. The van der Waals surface area contributed by atoms with Crippen molar-refractivity contribution in [2.24, 2.45) is 5.73 Å². The highest BCUT2D eigenvalue weighted by Gasteiger charge is 2.16. The van der Waals surface area contributed by atoms with Gasteiger partial charge in [0.15, 0.2) is 5.75 Å². The van der Waals surface area contributed by atoms with E-state index in [1.165, 1.54) is 0 Å². The highest BCUT2D eigenvalue weighted by Crippen LogP contribution is 2.34. The van der Waals surface area contributed by atoms with Gasteiger partial charge in [-0.25, -0.2) is 0 Å². The molecular weight excluding hydrogens is 524 g/mol. The van der Waals surface area contributed by atoms with Gasteiger partial charge in [-0.2, -0.15) is 0 Å². The summed E-state index contributed by atoms with van der Waals surface area (Å²) in [7, 11) is 0. The van der Waals surface area contributed by atoms with Crippen molar-refractivity contribution in [3.8, 4) is 17.2 Å². The van der Waals surface area contributed by atoms with Crippen molar-refractivity contribution in [3.05, 3.63) is 48.6 Å². The van der Waals surface area contributed by atoms with E-state index < -0.39 is 12.0 Å². The van der Waals surface area contributed by atoms with Crippen molar-refractivity contribution in [1.29, 1.82) is 0 Å². The van der Waals surface area contributed by atoms with E-state index in [0.717, 1.165) is 18.3 Å². The summed E-state index contributed by atoms with van der Waals surface area (Å²) in [6, 6.07) is 7.86. The van der Waals surface area contributed by atoms with E-state index in [1.807, 2.05) is 12.1 Å². The maximum atomic E-state index is 10.9. The Labute approximate surface area is 161 Å². The highest BCUT2D eigenvalue weighted by molar-refractivity contribution is 14.1. The number of carboxylic acid groups (broad SMARTS) is 1. The molecule has 23 heavy (non-hydrogen) atoms. The van der Waals surface area contributed by atoms with Crippen molar-refractivity contribution in [1.82, 2.24) is 0 Å². The molecule has 4 N–H and O–H groups in total. The molecular formula is C16H15I2NO4. The minimum Gasteiger partial charge on any atom is -0.508 e. The largest absolute Gasteiger partial charge is 0.508 e. The first-order valence-electron chi connectivity index (χ1n) is 6.71. The van der Waals surface area contributed by atoms with Crippen molar-refractivity contribution < 1.29 is 19.7 Å². The summed E-state index contributed by atoms with van der Waals surface area (Å²) in [5, 5.41) is 18.5. The van der Waals surface area contributed by atoms with Gasteiger partial charge in [-0.15, -0.1) is 0 Å². The monoisotopic (exact) mass is 539 g/mol. The van der Waals surface area contributed by atoms with E-state index in [-0.39, 0.29) is 12.2 Å². The fraction of sp³-hybridized carbons (Fsp3) is 0.188. The first kappa shape index (κ1) is 18.3. The Balaban J connectivity index is 2.26. The molecule has 0 spiro atoms. The zero-order valence-electron chi connectivity index (χ0n) is 12.2. The summed E-state index contributed by atoms with van der Waals surface area (Å²) in [5.41, 5.74) is 7.16. The van der Waals surface area contributed by atoms with Gasteiger partial charge in [-0.3, -0.25) is 4.79 Å². The van der Waals surface area contributed by atoms with Gasteiger partial charge in [0.2, 0.25) is 0 Å². The second kappa shape index (κ2) is 7.67. The molecule has 5 nitrogen and oxygen atoms in total. The third-order valence-corrected chi connectivity index (χ3v) is 4.82. The third kappa shape index (κ3) is 4.70. The second-order valence-electron chi connectivity index (χ2n) is 5.09. The molecule has 0 aliphatic heterocycles. The number of nitrogens with two attached hydrogens (primary N) is 1. The minimum atomic E-state index is -1.02. The van der Waals surface area contributed by atoms with E-state index in [1.54, 1.807) is 25.1 Å². The minimum absolute atomic E-state index is 0.222. The van der Waals surface area contributed by atoms with E-state index in [2.05, 4.69) is 45.2 Å². The highest BCUT2D eigenvalue weighted by atomic mass is 127. The predicted octanol–water partition coefficient (Wildman–Crippen LogP) is 3.66. The summed E-state index contributed by atoms with van der Waals surface area (Å²) in [6.07, 6.45) is 0.264. The Hall–Kier alpha value is -1.07. The van der Waals surface area contributed by atoms with Gasteiger partial charge in [-0.1, -0.05) is 0 Å². The molecule has 0 radical (unpaired) electrons. The predicted molar refractivity (Wildman–Crippen MR) is 104 cm³/mol. The molecule has 7 heteroatoms. The quantitative estimate of drug-likeness (QED) is 0.505. The number of ether oxygens (including phenoxy) is 1. The van der Waals surface area contributed by atoms with Crippen LogP contribution in [0.4, 0.5) is 0 Å². The number of rotatable bonds is 5. The zero-order chi connectivity index (χ0) is 17.1. The van der Waals surface area contributed by atoms with Crippen molar-refractivity contribution in [2.45, 2.75) is 19.4 Å². The number of hydrogen-bond acceptors (Lipinski definition) is 4. The lowest BCUT2D eigenvalue weighted by Crippen LogP contribution is -2.32. The van der Waals surface area contributed by atoms with Gasteiger partial charge in [-0.05, 0) is 100.0 Å². The van der Waals surface area contributed by atoms with Crippen LogP contribution in [0.5, 0.6) is 17.2 Å².